The molecule has 0 aromatic heterocycles. The van der Waals surface area contributed by atoms with E-state index in [4.69, 9.17) is 10.5 Å². The first-order valence-corrected chi connectivity index (χ1v) is 7.87. The van der Waals surface area contributed by atoms with Gasteiger partial charge >= 0.3 is 0 Å². The Balaban J connectivity index is 0.00000180. The zero-order chi connectivity index (χ0) is 13.2. The van der Waals surface area contributed by atoms with Gasteiger partial charge in [0.1, 0.15) is 15.6 Å². The molecule has 0 aliphatic carbocycles. The molecule has 19 heavy (non-hydrogen) atoms. The van der Waals surface area contributed by atoms with Crippen LogP contribution in [0.2, 0.25) is 0 Å². The molecule has 0 atom stereocenters. The Morgan fingerprint density at radius 3 is 2.42 bits per heavy atom. The molecular formula is C13H20ClNO3S. The second kappa shape index (κ2) is 6.11. The van der Waals surface area contributed by atoms with E-state index in [1.165, 1.54) is 0 Å². The fourth-order valence-electron chi connectivity index (χ4n) is 2.35. The smallest absolute Gasteiger partial charge is 0.150 e. The number of hydrogen-bond donors (Lipinski definition) is 1. The van der Waals surface area contributed by atoms with E-state index in [0.29, 0.717) is 19.3 Å². The lowest BCUT2D eigenvalue weighted by molar-refractivity contribution is 0.363. The highest BCUT2D eigenvalue weighted by Gasteiger charge is 2.34. The van der Waals surface area contributed by atoms with Crippen LogP contribution in [0.5, 0.6) is 5.75 Å². The van der Waals surface area contributed by atoms with Crippen molar-refractivity contribution in [1.29, 1.82) is 0 Å². The zero-order valence-corrected chi connectivity index (χ0v) is 12.6. The molecule has 1 saturated heterocycles. The van der Waals surface area contributed by atoms with Crippen LogP contribution in [0.3, 0.4) is 0 Å². The Hall–Kier alpha value is -0.780. The fraction of sp³-hybridized carbons (Fsp3) is 0.538. The van der Waals surface area contributed by atoms with Gasteiger partial charge in [-0.15, -0.1) is 12.4 Å². The average molecular weight is 306 g/mol. The van der Waals surface area contributed by atoms with E-state index in [0.717, 1.165) is 11.3 Å². The van der Waals surface area contributed by atoms with Gasteiger partial charge in [0.05, 0.1) is 18.6 Å². The summed E-state index contributed by atoms with van der Waals surface area (Å²) in [6.45, 7) is 0. The second-order valence-electron chi connectivity index (χ2n) is 5.00. The van der Waals surface area contributed by atoms with Crippen molar-refractivity contribution in [2.24, 2.45) is 5.73 Å². The molecule has 1 heterocycles. The summed E-state index contributed by atoms with van der Waals surface area (Å²) in [4.78, 5) is 0. The Labute approximate surface area is 120 Å². The predicted octanol–water partition coefficient (Wildman–Crippen LogP) is 1.57. The molecule has 1 aliphatic heterocycles. The van der Waals surface area contributed by atoms with Gasteiger partial charge in [-0.05, 0) is 30.9 Å². The SMILES string of the molecule is COc1ccccc1CC1(N)CCS(=O)(=O)CC1.Cl. The number of benzene rings is 1. The molecule has 6 heteroatoms. The van der Waals surface area contributed by atoms with Crippen molar-refractivity contribution in [3.63, 3.8) is 0 Å². The molecule has 1 aromatic rings. The average Bonchev–Trinajstić information content (AvgIpc) is 2.34. The van der Waals surface area contributed by atoms with E-state index < -0.39 is 15.4 Å². The van der Waals surface area contributed by atoms with Gasteiger partial charge in [-0.3, -0.25) is 0 Å². The number of methoxy groups -OCH3 is 1. The van der Waals surface area contributed by atoms with Crippen molar-refractivity contribution in [1.82, 2.24) is 0 Å². The number of sulfone groups is 1. The fourth-order valence-corrected chi connectivity index (χ4v) is 3.99. The van der Waals surface area contributed by atoms with Gasteiger partial charge in [0, 0.05) is 5.54 Å². The Bertz CT molecular complexity index is 516. The molecule has 4 nitrogen and oxygen atoms in total. The molecule has 2 N–H and O–H groups in total. The lowest BCUT2D eigenvalue weighted by Gasteiger charge is -2.33. The second-order valence-corrected chi connectivity index (χ2v) is 7.31. The van der Waals surface area contributed by atoms with Crippen LogP contribution in [0.15, 0.2) is 24.3 Å². The minimum absolute atomic E-state index is 0. The van der Waals surface area contributed by atoms with Gasteiger partial charge in [-0.1, -0.05) is 18.2 Å². The topological polar surface area (TPSA) is 69.4 Å². The predicted molar refractivity (Wildman–Crippen MR) is 78.8 cm³/mol. The minimum atomic E-state index is -2.87. The first-order chi connectivity index (χ1) is 8.44. The first-order valence-electron chi connectivity index (χ1n) is 6.05. The van der Waals surface area contributed by atoms with Crippen molar-refractivity contribution in [2.75, 3.05) is 18.6 Å². The summed E-state index contributed by atoms with van der Waals surface area (Å²) in [5, 5.41) is 0. The molecule has 0 radical (unpaired) electrons. The number of rotatable bonds is 3. The van der Waals surface area contributed by atoms with Crippen LogP contribution in [0.4, 0.5) is 0 Å². The van der Waals surface area contributed by atoms with Crippen molar-refractivity contribution in [2.45, 2.75) is 24.8 Å². The summed E-state index contributed by atoms with van der Waals surface area (Å²) in [5.74, 6) is 1.20. The maximum Gasteiger partial charge on any atom is 0.150 e. The third kappa shape index (κ3) is 4.09. The monoisotopic (exact) mass is 305 g/mol. The summed E-state index contributed by atoms with van der Waals surface area (Å²) >= 11 is 0. The van der Waals surface area contributed by atoms with Crippen LogP contribution in [0.1, 0.15) is 18.4 Å². The number of para-hydroxylation sites is 1. The van der Waals surface area contributed by atoms with E-state index >= 15 is 0 Å². The van der Waals surface area contributed by atoms with Crippen LogP contribution < -0.4 is 10.5 Å². The quantitative estimate of drug-likeness (QED) is 0.920. The van der Waals surface area contributed by atoms with E-state index in [2.05, 4.69) is 0 Å². The highest BCUT2D eigenvalue weighted by Crippen LogP contribution is 2.29. The highest BCUT2D eigenvalue weighted by molar-refractivity contribution is 7.91. The molecule has 0 spiro atoms. The number of halogens is 1. The summed E-state index contributed by atoms with van der Waals surface area (Å²) in [6, 6.07) is 7.74. The number of hydrogen-bond acceptors (Lipinski definition) is 4. The maximum atomic E-state index is 11.4. The summed E-state index contributed by atoms with van der Waals surface area (Å²) < 4.78 is 28.2. The van der Waals surface area contributed by atoms with E-state index in [9.17, 15) is 8.42 Å². The zero-order valence-electron chi connectivity index (χ0n) is 11.0. The molecule has 0 saturated carbocycles. The minimum Gasteiger partial charge on any atom is -0.496 e. The lowest BCUT2D eigenvalue weighted by Crippen LogP contribution is -2.48. The molecule has 1 fully saturated rings. The molecule has 2 rings (SSSR count). The standard InChI is InChI=1S/C13H19NO3S.ClH/c1-17-12-5-3-2-4-11(12)10-13(14)6-8-18(15,16)9-7-13;/h2-5H,6-10,14H2,1H3;1H. The summed E-state index contributed by atoms with van der Waals surface area (Å²) in [7, 11) is -1.24. The van der Waals surface area contributed by atoms with Gasteiger partial charge in [-0.2, -0.15) is 0 Å². The van der Waals surface area contributed by atoms with Gasteiger partial charge in [-0.25, -0.2) is 8.42 Å². The van der Waals surface area contributed by atoms with Crippen molar-refractivity contribution >= 4 is 22.2 Å². The third-order valence-electron chi connectivity index (χ3n) is 3.56. The Morgan fingerprint density at radius 2 is 1.84 bits per heavy atom. The van der Waals surface area contributed by atoms with Crippen LogP contribution in [0, 0.1) is 0 Å². The van der Waals surface area contributed by atoms with E-state index in [1.807, 2.05) is 24.3 Å². The van der Waals surface area contributed by atoms with Crippen LogP contribution in [-0.4, -0.2) is 32.6 Å². The Kier molecular flexibility index (Phi) is 5.24. The van der Waals surface area contributed by atoms with E-state index in [1.54, 1.807) is 7.11 Å². The van der Waals surface area contributed by atoms with Gasteiger partial charge in [0.15, 0.2) is 0 Å². The van der Waals surface area contributed by atoms with Crippen molar-refractivity contribution in [3.8, 4) is 5.75 Å². The molecule has 0 unspecified atom stereocenters. The highest BCUT2D eigenvalue weighted by atomic mass is 35.5. The van der Waals surface area contributed by atoms with Gasteiger partial charge < -0.3 is 10.5 Å². The molecule has 108 valence electrons. The van der Waals surface area contributed by atoms with Crippen molar-refractivity contribution in [3.05, 3.63) is 29.8 Å². The summed E-state index contributed by atoms with van der Waals surface area (Å²) in [5.41, 5.74) is 6.93. The summed E-state index contributed by atoms with van der Waals surface area (Å²) in [6.07, 6.45) is 1.70. The van der Waals surface area contributed by atoms with Crippen LogP contribution in [-0.2, 0) is 16.3 Å². The molecule has 0 amide bonds. The normalized spacial score (nSPS) is 20.3. The van der Waals surface area contributed by atoms with Crippen molar-refractivity contribution < 1.29 is 13.2 Å². The maximum absolute atomic E-state index is 11.4. The molecule has 0 bridgehead atoms. The largest absolute Gasteiger partial charge is 0.496 e. The van der Waals surface area contributed by atoms with E-state index in [-0.39, 0.29) is 23.9 Å². The first kappa shape index (κ1) is 16.3. The third-order valence-corrected chi connectivity index (χ3v) is 5.21. The molecular weight excluding hydrogens is 286 g/mol. The Morgan fingerprint density at radius 1 is 1.26 bits per heavy atom. The molecule has 1 aliphatic rings. The number of nitrogens with two attached hydrogens (primary N) is 1. The molecule has 1 aromatic carbocycles. The van der Waals surface area contributed by atoms with Crippen LogP contribution in [0.25, 0.3) is 0 Å². The lowest BCUT2D eigenvalue weighted by atomic mass is 9.86. The number of ether oxygens (including phenoxy) is 1. The van der Waals surface area contributed by atoms with Gasteiger partial charge in [0.25, 0.3) is 0 Å². The van der Waals surface area contributed by atoms with Gasteiger partial charge in [0.2, 0.25) is 0 Å². The van der Waals surface area contributed by atoms with Crippen LogP contribution >= 0.6 is 12.4 Å².